The molecular weight excluding hydrogens is 466 g/mol. The number of carbonyl (C=O) groups excluding carboxylic acids is 1. The third-order valence-electron chi connectivity index (χ3n) is 6.58. The topological polar surface area (TPSA) is 79.7 Å². The van der Waals surface area contributed by atoms with Crippen molar-refractivity contribution in [3.05, 3.63) is 94.3 Å². The minimum atomic E-state index is -0.160. The van der Waals surface area contributed by atoms with Gasteiger partial charge in [0, 0.05) is 31.9 Å². The van der Waals surface area contributed by atoms with E-state index >= 15 is 0 Å². The van der Waals surface area contributed by atoms with Crippen LogP contribution >= 0.6 is 0 Å². The van der Waals surface area contributed by atoms with Gasteiger partial charge in [0.05, 0.1) is 24.2 Å². The lowest BCUT2D eigenvalue weighted by Crippen LogP contribution is -2.51. The molecule has 0 saturated carbocycles. The summed E-state index contributed by atoms with van der Waals surface area (Å²) in [7, 11) is 0. The van der Waals surface area contributed by atoms with Gasteiger partial charge in [0.25, 0.3) is 5.56 Å². The fourth-order valence-corrected chi connectivity index (χ4v) is 4.54. The van der Waals surface area contributed by atoms with E-state index in [1.165, 1.54) is 5.56 Å². The summed E-state index contributed by atoms with van der Waals surface area (Å²) in [6.45, 7) is 7.10. The van der Waals surface area contributed by atoms with Crippen LogP contribution in [0, 0.1) is 6.92 Å². The van der Waals surface area contributed by atoms with Crippen LogP contribution in [0.1, 0.15) is 18.1 Å². The molecule has 0 unspecified atom stereocenters. The lowest BCUT2D eigenvalue weighted by Gasteiger charge is -2.35. The molecule has 1 saturated heterocycles. The highest BCUT2D eigenvalue weighted by Crippen LogP contribution is 2.19. The zero-order valence-corrected chi connectivity index (χ0v) is 21.2. The molecule has 0 aliphatic carbocycles. The minimum absolute atomic E-state index is 0.119. The zero-order chi connectivity index (χ0) is 25.8. The van der Waals surface area contributed by atoms with Crippen molar-refractivity contribution >= 4 is 28.6 Å². The van der Waals surface area contributed by atoms with Crippen LogP contribution in [0.5, 0.6) is 5.75 Å². The highest BCUT2D eigenvalue weighted by Gasteiger charge is 2.25. The van der Waals surface area contributed by atoms with Gasteiger partial charge in [-0.15, -0.1) is 0 Å². The molecule has 190 valence electrons. The Morgan fingerprint density at radius 3 is 2.35 bits per heavy atom. The van der Waals surface area contributed by atoms with Crippen molar-refractivity contribution in [1.29, 1.82) is 0 Å². The summed E-state index contributed by atoms with van der Waals surface area (Å²) in [5, 5.41) is 2.94. The molecule has 1 aliphatic rings. The number of fused-ring (bicyclic) bond motifs is 1. The summed E-state index contributed by atoms with van der Waals surface area (Å²) in [4.78, 5) is 35.0. The van der Waals surface area contributed by atoms with E-state index in [-0.39, 0.29) is 11.6 Å². The summed E-state index contributed by atoms with van der Waals surface area (Å²) in [6.07, 6.45) is 0. The van der Waals surface area contributed by atoms with E-state index < -0.39 is 0 Å². The van der Waals surface area contributed by atoms with Crippen molar-refractivity contribution in [3.8, 4) is 5.75 Å². The first kappa shape index (κ1) is 24.4. The van der Waals surface area contributed by atoms with Gasteiger partial charge in [-0.25, -0.2) is 9.78 Å². The van der Waals surface area contributed by atoms with E-state index in [4.69, 9.17) is 9.72 Å². The van der Waals surface area contributed by atoms with Gasteiger partial charge in [0.15, 0.2) is 5.82 Å². The Balaban J connectivity index is 1.31. The molecule has 0 atom stereocenters. The number of anilines is 2. The zero-order valence-electron chi connectivity index (χ0n) is 21.2. The van der Waals surface area contributed by atoms with Crippen molar-refractivity contribution in [2.24, 2.45) is 0 Å². The summed E-state index contributed by atoms with van der Waals surface area (Å²) in [5.41, 5.74) is 4.43. The fourth-order valence-electron chi connectivity index (χ4n) is 4.54. The Morgan fingerprint density at radius 2 is 1.65 bits per heavy atom. The molecule has 2 heterocycles. The van der Waals surface area contributed by atoms with Gasteiger partial charge in [-0.2, -0.15) is 0 Å². The molecule has 8 heteroatoms. The normalized spacial score (nSPS) is 13.6. The second kappa shape index (κ2) is 10.7. The number of carbonyl (C=O) groups is 1. The van der Waals surface area contributed by atoms with Crippen LogP contribution in [-0.4, -0.2) is 53.3 Å². The third-order valence-corrected chi connectivity index (χ3v) is 6.58. The van der Waals surface area contributed by atoms with E-state index in [9.17, 15) is 9.59 Å². The summed E-state index contributed by atoms with van der Waals surface area (Å²) in [5.74, 6) is 1.20. The standard InChI is InChI=1S/C29H31N5O3/c1-3-37-24-14-12-23(13-15-24)30-29(36)33-18-16-32(17-19-33)27-28(35)34(20-22-10-8-21(2)9-11-22)26-7-5-4-6-25(26)31-27/h4-15H,3,16-20H2,1-2H3,(H,30,36). The van der Waals surface area contributed by atoms with Crippen molar-refractivity contribution in [2.45, 2.75) is 20.4 Å². The number of urea groups is 1. The maximum Gasteiger partial charge on any atom is 0.321 e. The molecule has 1 N–H and O–H groups in total. The Morgan fingerprint density at radius 1 is 0.946 bits per heavy atom. The second-order valence-corrected chi connectivity index (χ2v) is 9.16. The molecule has 0 radical (unpaired) electrons. The average Bonchev–Trinajstić information content (AvgIpc) is 2.92. The number of ether oxygens (including phenoxy) is 1. The summed E-state index contributed by atoms with van der Waals surface area (Å²) in [6, 6.07) is 23.1. The van der Waals surface area contributed by atoms with Gasteiger partial charge < -0.3 is 19.9 Å². The highest BCUT2D eigenvalue weighted by molar-refractivity contribution is 5.89. The molecule has 2 amide bonds. The summed E-state index contributed by atoms with van der Waals surface area (Å²) >= 11 is 0. The monoisotopic (exact) mass is 497 g/mol. The predicted molar refractivity (Wildman–Crippen MR) is 147 cm³/mol. The number of nitrogens with one attached hydrogen (secondary N) is 1. The third kappa shape index (κ3) is 5.43. The molecule has 1 aliphatic heterocycles. The second-order valence-electron chi connectivity index (χ2n) is 9.16. The SMILES string of the molecule is CCOc1ccc(NC(=O)N2CCN(c3nc4ccccc4n(Cc4ccc(C)cc4)c3=O)CC2)cc1. The fraction of sp³-hybridized carbons (Fsp3) is 0.276. The first-order chi connectivity index (χ1) is 18.0. The van der Waals surface area contributed by atoms with Gasteiger partial charge in [0.1, 0.15) is 5.75 Å². The van der Waals surface area contributed by atoms with Crippen LogP contribution in [0.25, 0.3) is 11.0 Å². The number of amides is 2. The smallest absolute Gasteiger partial charge is 0.321 e. The molecule has 37 heavy (non-hydrogen) atoms. The molecular formula is C29H31N5O3. The van der Waals surface area contributed by atoms with E-state index in [0.717, 1.165) is 22.3 Å². The molecule has 4 aromatic rings. The Bertz CT molecular complexity index is 1440. The van der Waals surface area contributed by atoms with E-state index in [0.29, 0.717) is 50.8 Å². The number of aromatic nitrogens is 2. The van der Waals surface area contributed by atoms with E-state index in [2.05, 4.69) is 29.6 Å². The maximum absolute atomic E-state index is 13.6. The van der Waals surface area contributed by atoms with Gasteiger partial charge >= 0.3 is 6.03 Å². The Hall–Kier alpha value is -4.33. The van der Waals surface area contributed by atoms with Crippen molar-refractivity contribution < 1.29 is 9.53 Å². The largest absolute Gasteiger partial charge is 0.494 e. The molecule has 8 nitrogen and oxygen atoms in total. The van der Waals surface area contributed by atoms with Gasteiger partial charge in [-0.05, 0) is 55.8 Å². The van der Waals surface area contributed by atoms with Gasteiger partial charge in [0.2, 0.25) is 0 Å². The molecule has 0 bridgehead atoms. The highest BCUT2D eigenvalue weighted by atomic mass is 16.5. The van der Waals surface area contributed by atoms with E-state index in [1.807, 2.05) is 67.3 Å². The van der Waals surface area contributed by atoms with Gasteiger partial charge in [-0.3, -0.25) is 9.36 Å². The first-order valence-corrected chi connectivity index (χ1v) is 12.6. The lowest BCUT2D eigenvalue weighted by atomic mass is 10.1. The number of hydrogen-bond donors (Lipinski definition) is 1. The quantitative estimate of drug-likeness (QED) is 0.424. The molecule has 1 fully saturated rings. The van der Waals surface area contributed by atoms with Crippen LogP contribution in [0.3, 0.4) is 0 Å². The van der Waals surface area contributed by atoms with Crippen LogP contribution in [0.15, 0.2) is 77.6 Å². The number of benzene rings is 3. The molecule has 0 spiro atoms. The van der Waals surface area contributed by atoms with Crippen LogP contribution in [0.2, 0.25) is 0 Å². The maximum atomic E-state index is 13.6. The Labute approximate surface area is 216 Å². The predicted octanol–water partition coefficient (Wildman–Crippen LogP) is 4.51. The minimum Gasteiger partial charge on any atom is -0.494 e. The molecule has 3 aromatic carbocycles. The molecule has 5 rings (SSSR count). The first-order valence-electron chi connectivity index (χ1n) is 12.6. The number of aryl methyl sites for hydroxylation is 1. The Kier molecular flexibility index (Phi) is 7.07. The average molecular weight is 498 g/mol. The van der Waals surface area contributed by atoms with Crippen LogP contribution < -0.4 is 20.5 Å². The number of nitrogens with zero attached hydrogens (tertiary/aromatic N) is 4. The van der Waals surface area contributed by atoms with Crippen molar-refractivity contribution in [1.82, 2.24) is 14.5 Å². The van der Waals surface area contributed by atoms with E-state index in [1.54, 1.807) is 9.47 Å². The number of piperazine rings is 1. The van der Waals surface area contributed by atoms with Crippen LogP contribution in [-0.2, 0) is 6.54 Å². The number of hydrogen-bond acceptors (Lipinski definition) is 5. The summed E-state index contributed by atoms with van der Waals surface area (Å²) < 4.78 is 7.26. The van der Waals surface area contributed by atoms with Crippen LogP contribution in [0.4, 0.5) is 16.3 Å². The van der Waals surface area contributed by atoms with Crippen molar-refractivity contribution in [2.75, 3.05) is 43.0 Å². The lowest BCUT2D eigenvalue weighted by molar-refractivity contribution is 0.208. The number of para-hydroxylation sites is 2. The number of rotatable bonds is 6. The molecule has 1 aromatic heterocycles. The van der Waals surface area contributed by atoms with Gasteiger partial charge in [-0.1, -0.05) is 42.0 Å². The van der Waals surface area contributed by atoms with Crippen molar-refractivity contribution in [3.63, 3.8) is 0 Å².